The summed E-state index contributed by atoms with van der Waals surface area (Å²) in [5.41, 5.74) is 2.09. The zero-order valence-electron chi connectivity index (χ0n) is 12.0. The van der Waals surface area contributed by atoms with E-state index in [2.05, 4.69) is 5.32 Å². The van der Waals surface area contributed by atoms with E-state index in [4.69, 9.17) is 0 Å². The minimum atomic E-state index is -0.627. The van der Waals surface area contributed by atoms with Gasteiger partial charge in [-0.2, -0.15) is 0 Å². The van der Waals surface area contributed by atoms with E-state index in [0.29, 0.717) is 11.4 Å². The predicted molar refractivity (Wildman–Crippen MR) is 82.1 cm³/mol. The third kappa shape index (κ3) is 2.57. The predicted octanol–water partition coefficient (Wildman–Crippen LogP) is 2.88. The van der Waals surface area contributed by atoms with Crippen molar-refractivity contribution in [3.8, 4) is 0 Å². The Hall–Kier alpha value is -2.69. The van der Waals surface area contributed by atoms with E-state index >= 15 is 0 Å². The molecule has 0 aliphatic carbocycles. The highest BCUT2D eigenvalue weighted by Crippen LogP contribution is 2.27. The van der Waals surface area contributed by atoms with Crippen LogP contribution in [0.5, 0.6) is 0 Å². The van der Waals surface area contributed by atoms with Crippen molar-refractivity contribution in [2.45, 2.75) is 19.4 Å². The molecule has 0 radical (unpaired) electrons. The van der Waals surface area contributed by atoms with Crippen LogP contribution in [0.3, 0.4) is 0 Å². The second-order valence-corrected chi connectivity index (χ2v) is 5.26. The number of imide groups is 1. The fourth-order valence-electron chi connectivity index (χ4n) is 2.56. The molecule has 1 atom stereocenters. The molecule has 1 heterocycles. The Morgan fingerprint density at radius 3 is 2.45 bits per heavy atom. The molecule has 22 heavy (non-hydrogen) atoms. The van der Waals surface area contributed by atoms with E-state index in [9.17, 15) is 14.0 Å². The Morgan fingerprint density at radius 2 is 1.77 bits per heavy atom. The molecule has 2 aromatic carbocycles. The maximum absolute atomic E-state index is 12.9. The van der Waals surface area contributed by atoms with Gasteiger partial charge in [0, 0.05) is 5.69 Å². The SMILES string of the molecule is Cc1ccccc1N1C(=O)C[C@@H](Nc2ccc(F)cc2)C1=O. The summed E-state index contributed by atoms with van der Waals surface area (Å²) in [6.07, 6.45) is 0.0878. The molecular weight excluding hydrogens is 283 g/mol. The van der Waals surface area contributed by atoms with Gasteiger partial charge in [-0.3, -0.25) is 9.59 Å². The lowest BCUT2D eigenvalue weighted by molar-refractivity contribution is -0.121. The molecule has 0 unspecified atom stereocenters. The number of carbonyl (C=O) groups excluding carboxylic acids is 2. The minimum absolute atomic E-state index is 0.0878. The van der Waals surface area contributed by atoms with Crippen LogP contribution in [0.1, 0.15) is 12.0 Å². The molecule has 5 heteroatoms. The Balaban J connectivity index is 1.82. The van der Waals surface area contributed by atoms with E-state index in [1.807, 2.05) is 19.1 Å². The van der Waals surface area contributed by atoms with E-state index < -0.39 is 6.04 Å². The van der Waals surface area contributed by atoms with Crippen molar-refractivity contribution in [2.75, 3.05) is 10.2 Å². The summed E-state index contributed by atoms with van der Waals surface area (Å²) < 4.78 is 12.9. The fourth-order valence-corrected chi connectivity index (χ4v) is 2.56. The summed E-state index contributed by atoms with van der Waals surface area (Å²) >= 11 is 0. The summed E-state index contributed by atoms with van der Waals surface area (Å²) in [7, 11) is 0. The lowest BCUT2D eigenvalue weighted by Gasteiger charge is -2.18. The number of benzene rings is 2. The van der Waals surface area contributed by atoms with Crippen molar-refractivity contribution in [2.24, 2.45) is 0 Å². The van der Waals surface area contributed by atoms with E-state index in [1.54, 1.807) is 24.3 Å². The normalized spacial score (nSPS) is 17.9. The number of para-hydroxylation sites is 1. The Kier molecular flexibility index (Phi) is 3.63. The maximum Gasteiger partial charge on any atom is 0.256 e. The highest BCUT2D eigenvalue weighted by Gasteiger charge is 2.39. The number of carbonyl (C=O) groups is 2. The minimum Gasteiger partial charge on any atom is -0.373 e. The van der Waals surface area contributed by atoms with Gasteiger partial charge < -0.3 is 5.32 Å². The van der Waals surface area contributed by atoms with Crippen molar-refractivity contribution in [1.29, 1.82) is 0 Å². The van der Waals surface area contributed by atoms with E-state index in [-0.39, 0.29) is 24.1 Å². The van der Waals surface area contributed by atoms with Crippen molar-refractivity contribution < 1.29 is 14.0 Å². The van der Waals surface area contributed by atoms with E-state index in [0.717, 1.165) is 5.56 Å². The van der Waals surface area contributed by atoms with Gasteiger partial charge in [-0.1, -0.05) is 18.2 Å². The highest BCUT2D eigenvalue weighted by atomic mass is 19.1. The number of nitrogens with zero attached hydrogens (tertiary/aromatic N) is 1. The lowest BCUT2D eigenvalue weighted by Crippen LogP contribution is -2.35. The molecular formula is C17H15FN2O2. The first-order valence-corrected chi connectivity index (χ1v) is 7.01. The number of hydrogen-bond acceptors (Lipinski definition) is 3. The maximum atomic E-state index is 12.9. The number of nitrogens with one attached hydrogen (secondary N) is 1. The Labute approximate surface area is 127 Å². The zero-order valence-corrected chi connectivity index (χ0v) is 12.0. The van der Waals surface area contributed by atoms with Crippen LogP contribution in [-0.4, -0.2) is 17.9 Å². The molecule has 0 bridgehead atoms. The second-order valence-electron chi connectivity index (χ2n) is 5.26. The van der Waals surface area contributed by atoms with Gasteiger partial charge in [-0.05, 0) is 42.8 Å². The summed E-state index contributed by atoms with van der Waals surface area (Å²) in [6, 6.07) is 12.3. The molecule has 1 N–H and O–H groups in total. The van der Waals surface area contributed by atoms with Gasteiger partial charge in [0.25, 0.3) is 5.91 Å². The number of anilines is 2. The molecule has 0 spiro atoms. The number of hydrogen-bond donors (Lipinski definition) is 1. The monoisotopic (exact) mass is 298 g/mol. The second kappa shape index (κ2) is 5.60. The average molecular weight is 298 g/mol. The van der Waals surface area contributed by atoms with Gasteiger partial charge >= 0.3 is 0 Å². The zero-order chi connectivity index (χ0) is 15.7. The van der Waals surface area contributed by atoms with Gasteiger partial charge in [0.2, 0.25) is 5.91 Å². The molecule has 3 rings (SSSR count). The first-order chi connectivity index (χ1) is 10.6. The van der Waals surface area contributed by atoms with Crippen molar-refractivity contribution >= 4 is 23.2 Å². The van der Waals surface area contributed by atoms with Crippen LogP contribution in [0.2, 0.25) is 0 Å². The van der Waals surface area contributed by atoms with Crippen LogP contribution in [-0.2, 0) is 9.59 Å². The number of aryl methyl sites for hydroxylation is 1. The molecule has 0 saturated carbocycles. The smallest absolute Gasteiger partial charge is 0.256 e. The topological polar surface area (TPSA) is 49.4 Å². The Morgan fingerprint density at radius 1 is 1.09 bits per heavy atom. The largest absolute Gasteiger partial charge is 0.373 e. The van der Waals surface area contributed by atoms with Crippen LogP contribution >= 0.6 is 0 Å². The number of amides is 2. The van der Waals surface area contributed by atoms with Gasteiger partial charge in [0.1, 0.15) is 11.9 Å². The standard InChI is InChI=1S/C17H15FN2O2/c1-11-4-2-3-5-15(11)20-16(21)10-14(17(20)22)19-13-8-6-12(18)7-9-13/h2-9,14,19H,10H2,1H3/t14-/m1/s1. The van der Waals surface area contributed by atoms with Crippen molar-refractivity contribution in [1.82, 2.24) is 0 Å². The molecule has 1 fully saturated rings. The van der Waals surface area contributed by atoms with Gasteiger partial charge in [0.15, 0.2) is 0 Å². The molecule has 1 saturated heterocycles. The van der Waals surface area contributed by atoms with Gasteiger partial charge in [-0.25, -0.2) is 9.29 Å². The summed E-state index contributed by atoms with van der Waals surface area (Å²) in [5.74, 6) is -0.872. The molecule has 1 aliphatic heterocycles. The lowest BCUT2D eigenvalue weighted by atomic mass is 10.2. The van der Waals surface area contributed by atoms with Crippen LogP contribution in [0, 0.1) is 12.7 Å². The molecule has 4 nitrogen and oxygen atoms in total. The number of halogens is 1. The molecule has 2 amide bonds. The van der Waals surface area contributed by atoms with E-state index in [1.165, 1.54) is 17.0 Å². The summed E-state index contributed by atoms with van der Waals surface area (Å²) in [5, 5.41) is 2.99. The average Bonchev–Trinajstić information content (AvgIpc) is 2.77. The van der Waals surface area contributed by atoms with Crippen molar-refractivity contribution in [3.63, 3.8) is 0 Å². The number of rotatable bonds is 3. The summed E-state index contributed by atoms with van der Waals surface area (Å²) in [6.45, 7) is 1.86. The van der Waals surface area contributed by atoms with Gasteiger partial charge in [0.05, 0.1) is 12.1 Å². The third-order valence-electron chi connectivity index (χ3n) is 3.69. The molecule has 0 aromatic heterocycles. The third-order valence-corrected chi connectivity index (χ3v) is 3.69. The first kappa shape index (κ1) is 14.3. The fraction of sp³-hybridized carbons (Fsp3) is 0.176. The van der Waals surface area contributed by atoms with Crippen LogP contribution < -0.4 is 10.2 Å². The van der Waals surface area contributed by atoms with Crippen LogP contribution in [0.25, 0.3) is 0 Å². The Bertz CT molecular complexity index is 728. The quantitative estimate of drug-likeness (QED) is 0.886. The molecule has 112 valence electrons. The van der Waals surface area contributed by atoms with Gasteiger partial charge in [-0.15, -0.1) is 0 Å². The highest BCUT2D eigenvalue weighted by molar-refractivity contribution is 6.23. The molecule has 2 aromatic rings. The summed E-state index contributed by atoms with van der Waals surface area (Å²) in [4.78, 5) is 25.9. The van der Waals surface area contributed by atoms with Crippen LogP contribution in [0.4, 0.5) is 15.8 Å². The van der Waals surface area contributed by atoms with Crippen LogP contribution in [0.15, 0.2) is 48.5 Å². The van der Waals surface area contributed by atoms with Crippen molar-refractivity contribution in [3.05, 3.63) is 59.9 Å². The first-order valence-electron chi connectivity index (χ1n) is 7.01. The molecule has 1 aliphatic rings.